The van der Waals surface area contributed by atoms with Crippen molar-refractivity contribution in [2.24, 2.45) is 0 Å². The fourth-order valence-corrected chi connectivity index (χ4v) is 3.50. The highest BCUT2D eigenvalue weighted by Gasteiger charge is 2.19. The molecule has 1 aliphatic rings. The van der Waals surface area contributed by atoms with Crippen LogP contribution in [0.5, 0.6) is 0 Å². The lowest BCUT2D eigenvalue weighted by molar-refractivity contribution is 0.263. The summed E-state index contributed by atoms with van der Waals surface area (Å²) < 4.78 is 0. The first-order valence-corrected chi connectivity index (χ1v) is 8.38. The van der Waals surface area contributed by atoms with E-state index in [0.717, 1.165) is 22.0 Å². The standard InChI is InChI=1S/C20H21N3/c1-15(23-12-4-5-13-23)16-8-10-17(11-9-16)20-19-7-3-2-6-18(19)14-21-22-20/h2-3,6-11,14-15H,4-5,12-13H2,1H3/t15-/m1/s1. The van der Waals surface area contributed by atoms with Gasteiger partial charge in [0.2, 0.25) is 0 Å². The number of hydrogen-bond donors (Lipinski definition) is 0. The molecule has 2 aromatic carbocycles. The molecule has 1 atom stereocenters. The molecule has 1 aliphatic heterocycles. The minimum atomic E-state index is 0.491. The van der Waals surface area contributed by atoms with Crippen LogP contribution in [0, 0.1) is 0 Å². The fraction of sp³-hybridized carbons (Fsp3) is 0.300. The second-order valence-electron chi connectivity index (χ2n) is 6.32. The molecule has 0 spiro atoms. The predicted octanol–water partition coefficient (Wildman–Crippen LogP) is 4.45. The van der Waals surface area contributed by atoms with Crippen LogP contribution in [0.15, 0.2) is 54.7 Å². The third kappa shape index (κ3) is 2.73. The molecule has 0 saturated carbocycles. The SMILES string of the molecule is C[C@H](c1ccc(-c2nncc3ccccc23)cc1)N1CCCC1. The molecule has 116 valence electrons. The van der Waals surface area contributed by atoms with Crippen molar-refractivity contribution in [3.05, 3.63) is 60.3 Å². The van der Waals surface area contributed by atoms with E-state index < -0.39 is 0 Å². The maximum absolute atomic E-state index is 4.37. The van der Waals surface area contributed by atoms with Gasteiger partial charge in [0, 0.05) is 22.4 Å². The highest BCUT2D eigenvalue weighted by molar-refractivity contribution is 5.93. The number of likely N-dealkylation sites (tertiary alicyclic amines) is 1. The third-order valence-electron chi connectivity index (χ3n) is 4.93. The van der Waals surface area contributed by atoms with Gasteiger partial charge in [-0.15, -0.1) is 5.10 Å². The largest absolute Gasteiger partial charge is 0.297 e. The van der Waals surface area contributed by atoms with Crippen LogP contribution >= 0.6 is 0 Å². The molecule has 2 heterocycles. The zero-order chi connectivity index (χ0) is 15.6. The molecule has 0 bridgehead atoms. The summed E-state index contributed by atoms with van der Waals surface area (Å²) >= 11 is 0. The predicted molar refractivity (Wildman–Crippen MR) is 94.2 cm³/mol. The molecule has 0 radical (unpaired) electrons. The number of benzene rings is 2. The molecule has 3 aromatic rings. The molecule has 3 heteroatoms. The summed E-state index contributed by atoms with van der Waals surface area (Å²) in [6.45, 7) is 4.74. The Hall–Kier alpha value is -2.26. The summed E-state index contributed by atoms with van der Waals surface area (Å²) in [4.78, 5) is 2.56. The van der Waals surface area contributed by atoms with Crippen molar-refractivity contribution < 1.29 is 0 Å². The first-order chi connectivity index (χ1) is 11.3. The molecule has 23 heavy (non-hydrogen) atoms. The topological polar surface area (TPSA) is 29.0 Å². The zero-order valence-corrected chi connectivity index (χ0v) is 13.4. The summed E-state index contributed by atoms with van der Waals surface area (Å²) in [6.07, 6.45) is 4.48. The van der Waals surface area contributed by atoms with E-state index in [0.29, 0.717) is 6.04 Å². The quantitative estimate of drug-likeness (QED) is 0.715. The van der Waals surface area contributed by atoms with Gasteiger partial charge in [0.25, 0.3) is 0 Å². The summed E-state index contributed by atoms with van der Waals surface area (Å²) in [5.74, 6) is 0. The van der Waals surface area contributed by atoms with Crippen LogP contribution in [0.25, 0.3) is 22.0 Å². The second kappa shape index (κ2) is 6.09. The normalized spacial score (nSPS) is 16.7. The van der Waals surface area contributed by atoms with Gasteiger partial charge in [-0.3, -0.25) is 4.90 Å². The minimum Gasteiger partial charge on any atom is -0.297 e. The van der Waals surface area contributed by atoms with Crippen molar-refractivity contribution in [2.75, 3.05) is 13.1 Å². The molecule has 4 rings (SSSR count). The average molecular weight is 303 g/mol. The lowest BCUT2D eigenvalue weighted by Crippen LogP contribution is -2.23. The highest BCUT2D eigenvalue weighted by Crippen LogP contribution is 2.29. The van der Waals surface area contributed by atoms with Gasteiger partial charge in [-0.2, -0.15) is 5.10 Å². The van der Waals surface area contributed by atoms with Crippen molar-refractivity contribution in [1.82, 2.24) is 15.1 Å². The van der Waals surface area contributed by atoms with Crippen molar-refractivity contribution >= 4 is 10.8 Å². The summed E-state index contributed by atoms with van der Waals surface area (Å²) in [5, 5.41) is 10.8. The van der Waals surface area contributed by atoms with Crippen LogP contribution in [-0.4, -0.2) is 28.2 Å². The van der Waals surface area contributed by atoms with Gasteiger partial charge in [-0.05, 0) is 38.4 Å². The first kappa shape index (κ1) is 14.3. The molecular formula is C20H21N3. The van der Waals surface area contributed by atoms with Crippen LogP contribution in [0.1, 0.15) is 31.4 Å². The Morgan fingerprint density at radius 1 is 0.957 bits per heavy atom. The molecule has 0 amide bonds. The molecule has 1 fully saturated rings. The van der Waals surface area contributed by atoms with E-state index in [2.05, 4.69) is 64.5 Å². The van der Waals surface area contributed by atoms with Gasteiger partial charge in [-0.25, -0.2) is 0 Å². The van der Waals surface area contributed by atoms with Crippen molar-refractivity contribution in [3.8, 4) is 11.3 Å². The Balaban J connectivity index is 1.67. The van der Waals surface area contributed by atoms with E-state index in [1.165, 1.54) is 31.5 Å². The van der Waals surface area contributed by atoms with Crippen molar-refractivity contribution in [1.29, 1.82) is 0 Å². The van der Waals surface area contributed by atoms with E-state index in [1.807, 2.05) is 12.3 Å². The maximum atomic E-state index is 4.37. The van der Waals surface area contributed by atoms with Crippen molar-refractivity contribution in [3.63, 3.8) is 0 Å². The Labute approximate surface area is 137 Å². The number of nitrogens with zero attached hydrogens (tertiary/aromatic N) is 3. The molecule has 0 N–H and O–H groups in total. The van der Waals surface area contributed by atoms with Gasteiger partial charge in [0.05, 0.1) is 6.20 Å². The van der Waals surface area contributed by atoms with Crippen LogP contribution in [0.2, 0.25) is 0 Å². The number of fused-ring (bicyclic) bond motifs is 1. The summed E-state index contributed by atoms with van der Waals surface area (Å²) in [7, 11) is 0. The van der Waals surface area contributed by atoms with Gasteiger partial charge < -0.3 is 0 Å². The second-order valence-corrected chi connectivity index (χ2v) is 6.32. The molecule has 1 saturated heterocycles. The van der Waals surface area contributed by atoms with Crippen LogP contribution in [-0.2, 0) is 0 Å². The van der Waals surface area contributed by atoms with Crippen molar-refractivity contribution in [2.45, 2.75) is 25.8 Å². The number of rotatable bonds is 3. The minimum absolute atomic E-state index is 0.491. The smallest absolute Gasteiger partial charge is 0.101 e. The molecular weight excluding hydrogens is 282 g/mol. The van der Waals surface area contributed by atoms with Gasteiger partial charge in [0.15, 0.2) is 0 Å². The van der Waals surface area contributed by atoms with Crippen LogP contribution < -0.4 is 0 Å². The van der Waals surface area contributed by atoms with E-state index in [4.69, 9.17) is 0 Å². The van der Waals surface area contributed by atoms with E-state index in [-0.39, 0.29) is 0 Å². The highest BCUT2D eigenvalue weighted by atomic mass is 15.2. The lowest BCUT2D eigenvalue weighted by atomic mass is 10.0. The Kier molecular flexibility index (Phi) is 3.80. The van der Waals surface area contributed by atoms with Gasteiger partial charge >= 0.3 is 0 Å². The number of aromatic nitrogens is 2. The molecule has 0 aliphatic carbocycles. The monoisotopic (exact) mass is 303 g/mol. The Morgan fingerprint density at radius 3 is 2.48 bits per heavy atom. The fourth-order valence-electron chi connectivity index (χ4n) is 3.50. The van der Waals surface area contributed by atoms with Crippen LogP contribution in [0.3, 0.4) is 0 Å². The zero-order valence-electron chi connectivity index (χ0n) is 13.4. The molecule has 1 aromatic heterocycles. The van der Waals surface area contributed by atoms with E-state index in [9.17, 15) is 0 Å². The Morgan fingerprint density at radius 2 is 1.70 bits per heavy atom. The van der Waals surface area contributed by atoms with Gasteiger partial charge in [0.1, 0.15) is 5.69 Å². The van der Waals surface area contributed by atoms with Crippen LogP contribution in [0.4, 0.5) is 0 Å². The lowest BCUT2D eigenvalue weighted by Gasteiger charge is -2.24. The first-order valence-electron chi connectivity index (χ1n) is 8.38. The molecule has 3 nitrogen and oxygen atoms in total. The summed E-state index contributed by atoms with van der Waals surface area (Å²) in [6, 6.07) is 17.6. The summed E-state index contributed by atoms with van der Waals surface area (Å²) in [5.41, 5.74) is 3.47. The number of hydrogen-bond acceptors (Lipinski definition) is 3. The van der Waals surface area contributed by atoms with E-state index >= 15 is 0 Å². The van der Waals surface area contributed by atoms with E-state index in [1.54, 1.807) is 0 Å². The Bertz CT molecular complexity index is 799. The average Bonchev–Trinajstić information content (AvgIpc) is 3.15. The third-order valence-corrected chi connectivity index (χ3v) is 4.93. The maximum Gasteiger partial charge on any atom is 0.101 e. The van der Waals surface area contributed by atoms with Gasteiger partial charge in [-0.1, -0.05) is 48.5 Å². The molecule has 0 unspecified atom stereocenters.